The monoisotopic (exact) mass is 645 g/mol. The molecule has 3 aliphatic rings. The Labute approximate surface area is 271 Å². The van der Waals surface area contributed by atoms with Crippen molar-refractivity contribution in [2.75, 3.05) is 7.11 Å². The summed E-state index contributed by atoms with van der Waals surface area (Å²) in [7, 11) is -2.51. The van der Waals surface area contributed by atoms with Gasteiger partial charge in [0.2, 0.25) is 0 Å². The SMILES string of the molecule is C=C1C(=CC=C2CCC[C@]3(C)C([C@H](C)ON(OC)C(C)=O)=CCC23)C[C@@H](O[Si](C)(C)C(C)(C)C)C[C@@H]1O[Si](C)(C)C(C)(C)C. The van der Waals surface area contributed by atoms with Crippen molar-refractivity contribution in [1.29, 1.82) is 0 Å². The van der Waals surface area contributed by atoms with Crippen molar-refractivity contribution in [3.8, 4) is 0 Å². The van der Waals surface area contributed by atoms with Crippen LogP contribution in [0.2, 0.25) is 36.3 Å². The van der Waals surface area contributed by atoms with E-state index in [0.29, 0.717) is 5.92 Å². The quantitative estimate of drug-likeness (QED) is 0.142. The van der Waals surface area contributed by atoms with E-state index in [0.717, 1.165) is 49.3 Å². The highest BCUT2D eigenvalue weighted by molar-refractivity contribution is 6.74. The third kappa shape index (κ3) is 7.97. The van der Waals surface area contributed by atoms with Gasteiger partial charge in [0, 0.05) is 13.3 Å². The molecule has 0 aromatic heterocycles. The molecule has 1 unspecified atom stereocenters. The highest BCUT2D eigenvalue weighted by atomic mass is 28.4. The predicted molar refractivity (Wildman–Crippen MR) is 187 cm³/mol. The fraction of sp³-hybridized carbons (Fsp3) is 0.750. The van der Waals surface area contributed by atoms with Crippen molar-refractivity contribution in [2.24, 2.45) is 11.3 Å². The molecule has 8 heteroatoms. The number of amides is 1. The Morgan fingerprint density at radius 1 is 1.07 bits per heavy atom. The molecule has 3 rings (SSSR count). The predicted octanol–water partition coefficient (Wildman–Crippen LogP) is 9.84. The normalized spacial score (nSPS) is 29.5. The second-order valence-electron chi connectivity index (χ2n) is 16.7. The van der Waals surface area contributed by atoms with Crippen molar-refractivity contribution < 1.29 is 23.3 Å². The summed E-state index contributed by atoms with van der Waals surface area (Å²) in [6.07, 6.45) is 13.0. The lowest BCUT2D eigenvalue weighted by atomic mass is 9.63. The zero-order chi connectivity index (χ0) is 33.5. The Bertz CT molecular complexity index is 1170. The number of fused-ring (bicyclic) bond motifs is 1. The zero-order valence-electron chi connectivity index (χ0n) is 30.5. The highest BCUT2D eigenvalue weighted by Crippen LogP contribution is 2.56. The molecule has 3 aliphatic carbocycles. The maximum absolute atomic E-state index is 11.9. The average molecular weight is 646 g/mol. The van der Waals surface area contributed by atoms with E-state index in [4.69, 9.17) is 18.5 Å². The van der Waals surface area contributed by atoms with Crippen LogP contribution in [0.25, 0.3) is 0 Å². The lowest BCUT2D eigenvalue weighted by Gasteiger charge is -2.45. The Morgan fingerprint density at radius 2 is 1.66 bits per heavy atom. The molecule has 0 aromatic carbocycles. The van der Waals surface area contributed by atoms with Crippen LogP contribution in [0.4, 0.5) is 0 Å². The fourth-order valence-electron chi connectivity index (χ4n) is 6.69. The van der Waals surface area contributed by atoms with Crippen LogP contribution in [0.3, 0.4) is 0 Å². The molecule has 0 heterocycles. The van der Waals surface area contributed by atoms with Gasteiger partial charge in [0.05, 0.1) is 19.3 Å². The largest absolute Gasteiger partial charge is 0.413 e. The zero-order valence-corrected chi connectivity index (χ0v) is 32.5. The first-order valence-electron chi connectivity index (χ1n) is 16.7. The van der Waals surface area contributed by atoms with Crippen LogP contribution in [0.5, 0.6) is 0 Å². The van der Waals surface area contributed by atoms with Gasteiger partial charge in [-0.15, -0.1) is 0 Å². The minimum Gasteiger partial charge on any atom is -0.413 e. The molecule has 0 bridgehead atoms. The van der Waals surface area contributed by atoms with E-state index in [2.05, 4.69) is 99.5 Å². The smallest absolute Gasteiger partial charge is 0.270 e. The Kier molecular flexibility index (Phi) is 11.4. The molecule has 0 aromatic rings. The van der Waals surface area contributed by atoms with Crippen LogP contribution in [-0.2, 0) is 23.3 Å². The summed E-state index contributed by atoms with van der Waals surface area (Å²) in [5.41, 5.74) is 5.13. The number of carbonyl (C=O) groups is 1. The summed E-state index contributed by atoms with van der Waals surface area (Å²) >= 11 is 0. The maximum Gasteiger partial charge on any atom is 0.270 e. The van der Waals surface area contributed by atoms with E-state index < -0.39 is 16.6 Å². The first-order chi connectivity index (χ1) is 20.0. The Morgan fingerprint density at radius 3 is 2.20 bits per heavy atom. The van der Waals surface area contributed by atoms with Gasteiger partial charge in [-0.3, -0.25) is 4.79 Å². The fourth-order valence-corrected chi connectivity index (χ4v) is 9.36. The molecule has 2 fully saturated rings. The number of nitrogens with zero attached hydrogens (tertiary/aromatic N) is 1. The van der Waals surface area contributed by atoms with Crippen molar-refractivity contribution in [2.45, 2.75) is 155 Å². The van der Waals surface area contributed by atoms with E-state index in [1.807, 2.05) is 6.92 Å². The van der Waals surface area contributed by atoms with Crippen molar-refractivity contribution in [1.82, 2.24) is 5.23 Å². The molecule has 0 radical (unpaired) electrons. The summed E-state index contributed by atoms with van der Waals surface area (Å²) < 4.78 is 14.1. The van der Waals surface area contributed by atoms with Crippen LogP contribution in [0.15, 0.2) is 47.1 Å². The minimum absolute atomic E-state index is 0.0102. The van der Waals surface area contributed by atoms with E-state index in [-0.39, 0.29) is 39.7 Å². The molecule has 0 N–H and O–H groups in total. The molecule has 0 spiro atoms. The first kappa shape index (κ1) is 37.2. The number of rotatable bonds is 9. The van der Waals surface area contributed by atoms with Crippen molar-refractivity contribution in [3.05, 3.63) is 47.1 Å². The second-order valence-corrected chi connectivity index (χ2v) is 26.2. The van der Waals surface area contributed by atoms with Gasteiger partial charge in [0.15, 0.2) is 16.6 Å². The average Bonchev–Trinajstić information content (AvgIpc) is 3.23. The van der Waals surface area contributed by atoms with Gasteiger partial charge in [-0.05, 0) is 103 Å². The van der Waals surface area contributed by atoms with Crippen LogP contribution in [-0.4, -0.2) is 53.2 Å². The van der Waals surface area contributed by atoms with Gasteiger partial charge in [-0.2, -0.15) is 0 Å². The molecule has 0 saturated heterocycles. The Balaban J connectivity index is 1.91. The van der Waals surface area contributed by atoms with Gasteiger partial charge < -0.3 is 8.85 Å². The summed E-state index contributed by atoms with van der Waals surface area (Å²) in [6, 6.07) is 0. The van der Waals surface area contributed by atoms with Gasteiger partial charge >= 0.3 is 0 Å². The van der Waals surface area contributed by atoms with Gasteiger partial charge in [-0.1, -0.05) is 84.1 Å². The standard InChI is InChI=1S/C36H63NO5Si2/c1-25-29(23-30(41-43(12,13)34(4,5)6)24-33(25)42-44(14,15)35(7,8)9)19-18-28-17-16-22-36(10)31(20-21-32(28)36)26(2)40-37(39-11)27(3)38/h18-20,26,30,32-33H,1,16-17,21-24H2,2-15H3/t26-,30+,32?,33-,36+/m0/s1. The van der Waals surface area contributed by atoms with E-state index in [1.165, 1.54) is 30.8 Å². The third-order valence-corrected chi connectivity index (χ3v) is 20.5. The number of hydrogen-bond donors (Lipinski definition) is 0. The molecule has 2 saturated carbocycles. The van der Waals surface area contributed by atoms with Crippen LogP contribution in [0.1, 0.15) is 101 Å². The van der Waals surface area contributed by atoms with Gasteiger partial charge in [0.1, 0.15) is 6.10 Å². The van der Waals surface area contributed by atoms with Crippen LogP contribution < -0.4 is 0 Å². The number of hydroxylamine groups is 2. The molecule has 5 atom stereocenters. The van der Waals surface area contributed by atoms with Gasteiger partial charge in [0.25, 0.3) is 5.91 Å². The molecular weight excluding hydrogens is 583 g/mol. The lowest BCUT2D eigenvalue weighted by Crippen LogP contribution is -2.49. The van der Waals surface area contributed by atoms with Gasteiger partial charge in [-0.25, -0.2) is 9.68 Å². The van der Waals surface area contributed by atoms with E-state index in [9.17, 15) is 4.79 Å². The molecule has 44 heavy (non-hydrogen) atoms. The van der Waals surface area contributed by atoms with Crippen molar-refractivity contribution >= 4 is 22.5 Å². The number of carbonyl (C=O) groups excluding carboxylic acids is 1. The summed E-state index contributed by atoms with van der Waals surface area (Å²) in [4.78, 5) is 23.0. The van der Waals surface area contributed by atoms with Crippen LogP contribution in [0, 0.1) is 11.3 Å². The topological polar surface area (TPSA) is 57.2 Å². The number of hydrogen-bond acceptors (Lipinski definition) is 5. The summed E-state index contributed by atoms with van der Waals surface area (Å²) in [6.45, 7) is 33.7. The molecular formula is C36H63NO5Si2. The second kappa shape index (κ2) is 13.4. The minimum atomic E-state index is -2.01. The molecule has 1 amide bonds. The Hall–Kier alpha value is -1.30. The molecule has 6 nitrogen and oxygen atoms in total. The molecule has 250 valence electrons. The molecule has 0 aliphatic heterocycles. The maximum atomic E-state index is 11.9. The summed E-state index contributed by atoms with van der Waals surface area (Å²) in [5, 5.41) is 1.26. The van der Waals surface area contributed by atoms with E-state index >= 15 is 0 Å². The van der Waals surface area contributed by atoms with E-state index in [1.54, 1.807) is 0 Å². The third-order valence-electron chi connectivity index (χ3n) is 11.5. The van der Waals surface area contributed by atoms with Crippen LogP contribution >= 0.6 is 0 Å². The van der Waals surface area contributed by atoms with Crippen molar-refractivity contribution in [3.63, 3.8) is 0 Å². The summed E-state index contributed by atoms with van der Waals surface area (Å²) in [5.74, 6) is 0.146. The number of allylic oxidation sites excluding steroid dienone is 4. The lowest BCUT2D eigenvalue weighted by molar-refractivity contribution is -0.341. The first-order valence-corrected chi connectivity index (χ1v) is 22.5. The highest BCUT2D eigenvalue weighted by Gasteiger charge is 2.48.